The van der Waals surface area contributed by atoms with Crippen molar-refractivity contribution < 1.29 is 19.1 Å². The van der Waals surface area contributed by atoms with Crippen LogP contribution in [-0.2, 0) is 14.3 Å². The van der Waals surface area contributed by atoms with Crippen molar-refractivity contribution in [2.75, 3.05) is 25.1 Å². The predicted octanol–water partition coefficient (Wildman–Crippen LogP) is 1.98. The number of rotatable bonds is 5. The molecule has 1 atom stereocenters. The number of amides is 1. The molecule has 0 spiro atoms. The number of benzene rings is 1. The van der Waals surface area contributed by atoms with Crippen LogP contribution in [-0.4, -0.2) is 37.7 Å². The molecule has 0 bridgehead atoms. The summed E-state index contributed by atoms with van der Waals surface area (Å²) in [5.74, 6) is -0.442. The van der Waals surface area contributed by atoms with Crippen LogP contribution < -0.4 is 11.1 Å². The Morgan fingerprint density at radius 3 is 2.48 bits per heavy atom. The first-order valence-corrected chi connectivity index (χ1v) is 7.53. The zero-order valence-electron chi connectivity index (χ0n) is 13.1. The van der Waals surface area contributed by atoms with Gasteiger partial charge in [0.2, 0.25) is 5.91 Å². The Kier molecular flexibility index (Phi) is 8.02. The maximum absolute atomic E-state index is 12.2. The van der Waals surface area contributed by atoms with Crippen molar-refractivity contribution in [1.82, 2.24) is 0 Å². The van der Waals surface area contributed by atoms with E-state index in [-0.39, 0.29) is 30.2 Å². The lowest BCUT2D eigenvalue weighted by Gasteiger charge is -2.26. The van der Waals surface area contributed by atoms with Gasteiger partial charge >= 0.3 is 5.97 Å². The van der Waals surface area contributed by atoms with Crippen molar-refractivity contribution in [1.29, 1.82) is 0 Å². The molecule has 1 aliphatic heterocycles. The highest BCUT2D eigenvalue weighted by Gasteiger charge is 2.26. The molecule has 23 heavy (non-hydrogen) atoms. The maximum Gasteiger partial charge on any atom is 0.338 e. The van der Waals surface area contributed by atoms with E-state index in [9.17, 15) is 9.59 Å². The van der Waals surface area contributed by atoms with Gasteiger partial charge in [-0.2, -0.15) is 0 Å². The number of halogens is 1. The number of ether oxygens (including phenoxy) is 2. The summed E-state index contributed by atoms with van der Waals surface area (Å²) >= 11 is 0. The van der Waals surface area contributed by atoms with Crippen LogP contribution >= 0.6 is 12.4 Å². The van der Waals surface area contributed by atoms with Crippen LogP contribution in [0.1, 0.15) is 30.1 Å². The molecule has 1 aliphatic rings. The number of nitrogens with one attached hydrogen (secondary N) is 1. The molecule has 1 fully saturated rings. The molecule has 0 aromatic heterocycles. The molecule has 6 nitrogen and oxygen atoms in total. The number of nitrogens with two attached hydrogens (primary N) is 1. The first-order chi connectivity index (χ1) is 10.6. The van der Waals surface area contributed by atoms with E-state index in [1.165, 1.54) is 0 Å². The molecule has 1 saturated heterocycles. The van der Waals surface area contributed by atoms with Crippen molar-refractivity contribution in [2.24, 2.45) is 11.7 Å². The van der Waals surface area contributed by atoms with Crippen LogP contribution in [0.4, 0.5) is 5.69 Å². The number of esters is 1. The fraction of sp³-hybridized carbons (Fsp3) is 0.500. The predicted molar refractivity (Wildman–Crippen MR) is 89.8 cm³/mol. The third kappa shape index (κ3) is 5.49. The molecule has 7 heteroatoms. The number of hydrogen-bond donors (Lipinski definition) is 2. The van der Waals surface area contributed by atoms with Gasteiger partial charge in [0.25, 0.3) is 0 Å². The van der Waals surface area contributed by atoms with E-state index in [2.05, 4.69) is 5.32 Å². The van der Waals surface area contributed by atoms with Crippen LogP contribution in [0, 0.1) is 5.92 Å². The highest BCUT2D eigenvalue weighted by Crippen LogP contribution is 2.19. The topological polar surface area (TPSA) is 90.7 Å². The summed E-state index contributed by atoms with van der Waals surface area (Å²) in [6.07, 6.45) is 1.60. The van der Waals surface area contributed by atoms with Crippen molar-refractivity contribution in [3.8, 4) is 0 Å². The zero-order valence-corrected chi connectivity index (χ0v) is 13.9. The number of carbonyl (C=O) groups excluding carboxylic acids is 2. The zero-order chi connectivity index (χ0) is 15.9. The monoisotopic (exact) mass is 342 g/mol. The minimum atomic E-state index is -0.548. The first-order valence-electron chi connectivity index (χ1n) is 7.53. The Hall–Kier alpha value is -1.63. The van der Waals surface area contributed by atoms with Gasteiger partial charge < -0.3 is 20.5 Å². The van der Waals surface area contributed by atoms with Gasteiger partial charge in [0, 0.05) is 18.9 Å². The summed E-state index contributed by atoms with van der Waals surface area (Å²) in [6, 6.07) is 6.02. The third-order valence-electron chi connectivity index (χ3n) is 3.74. The molecule has 1 amide bonds. The maximum atomic E-state index is 12.2. The standard InChI is InChI=1S/C16H22N2O4.ClH/c1-2-22-16(20)12-3-5-13(6-4-12)18-15(19)14(17)11-7-9-21-10-8-11;/h3-6,11,14H,2,7-10,17H2,1H3,(H,18,19);1H. The first kappa shape index (κ1) is 19.4. The summed E-state index contributed by atoms with van der Waals surface area (Å²) in [4.78, 5) is 23.7. The van der Waals surface area contributed by atoms with E-state index < -0.39 is 6.04 Å². The van der Waals surface area contributed by atoms with E-state index in [4.69, 9.17) is 15.2 Å². The second kappa shape index (κ2) is 9.50. The van der Waals surface area contributed by atoms with Gasteiger partial charge in [-0.05, 0) is 49.9 Å². The molecule has 0 aliphatic carbocycles. The molecular formula is C16H23ClN2O4. The largest absolute Gasteiger partial charge is 0.462 e. The van der Waals surface area contributed by atoms with Crippen LogP contribution in [0.3, 0.4) is 0 Å². The van der Waals surface area contributed by atoms with Gasteiger partial charge in [-0.1, -0.05) is 0 Å². The van der Waals surface area contributed by atoms with E-state index >= 15 is 0 Å². The Bertz CT molecular complexity index is 515. The number of anilines is 1. The Labute approximate surface area is 142 Å². The van der Waals surface area contributed by atoms with Crippen LogP contribution in [0.5, 0.6) is 0 Å². The average Bonchev–Trinajstić information content (AvgIpc) is 2.55. The third-order valence-corrected chi connectivity index (χ3v) is 3.74. The van der Waals surface area contributed by atoms with E-state index in [0.717, 1.165) is 12.8 Å². The molecule has 1 heterocycles. The van der Waals surface area contributed by atoms with Gasteiger partial charge in [0.1, 0.15) is 0 Å². The minimum Gasteiger partial charge on any atom is -0.462 e. The summed E-state index contributed by atoms with van der Waals surface area (Å²) in [7, 11) is 0. The molecule has 2 rings (SSSR count). The Morgan fingerprint density at radius 1 is 1.30 bits per heavy atom. The Balaban J connectivity index is 0.00000264. The molecule has 3 N–H and O–H groups in total. The number of carbonyl (C=O) groups is 2. The summed E-state index contributed by atoms with van der Waals surface area (Å²) in [5.41, 5.74) is 7.08. The number of hydrogen-bond acceptors (Lipinski definition) is 5. The van der Waals surface area contributed by atoms with Crippen molar-refractivity contribution >= 4 is 30.0 Å². The quantitative estimate of drug-likeness (QED) is 0.798. The molecule has 128 valence electrons. The smallest absolute Gasteiger partial charge is 0.338 e. The summed E-state index contributed by atoms with van der Waals surface area (Å²) in [5, 5.41) is 2.78. The molecule has 1 aromatic carbocycles. The lowest BCUT2D eigenvalue weighted by Crippen LogP contribution is -2.44. The van der Waals surface area contributed by atoms with Gasteiger partial charge in [0.05, 0.1) is 18.2 Å². The van der Waals surface area contributed by atoms with E-state index in [0.29, 0.717) is 31.1 Å². The van der Waals surface area contributed by atoms with Gasteiger partial charge in [-0.15, -0.1) is 12.4 Å². The minimum absolute atomic E-state index is 0. The lowest BCUT2D eigenvalue weighted by atomic mass is 9.92. The second-order valence-corrected chi connectivity index (χ2v) is 5.26. The van der Waals surface area contributed by atoms with Crippen molar-refractivity contribution in [2.45, 2.75) is 25.8 Å². The summed E-state index contributed by atoms with van der Waals surface area (Å²) < 4.78 is 10.2. The van der Waals surface area contributed by atoms with E-state index in [1.54, 1.807) is 31.2 Å². The summed E-state index contributed by atoms with van der Waals surface area (Å²) in [6.45, 7) is 3.39. The fourth-order valence-electron chi connectivity index (χ4n) is 2.42. The van der Waals surface area contributed by atoms with Crippen LogP contribution in [0.2, 0.25) is 0 Å². The average molecular weight is 343 g/mol. The fourth-order valence-corrected chi connectivity index (χ4v) is 2.42. The molecule has 1 aromatic rings. The molecule has 1 unspecified atom stereocenters. The van der Waals surface area contributed by atoms with Gasteiger partial charge in [-0.25, -0.2) is 4.79 Å². The lowest BCUT2D eigenvalue weighted by molar-refractivity contribution is -0.119. The molecule has 0 radical (unpaired) electrons. The van der Waals surface area contributed by atoms with Crippen LogP contribution in [0.15, 0.2) is 24.3 Å². The van der Waals surface area contributed by atoms with Crippen molar-refractivity contribution in [3.05, 3.63) is 29.8 Å². The Morgan fingerprint density at radius 2 is 1.91 bits per heavy atom. The van der Waals surface area contributed by atoms with E-state index in [1.807, 2.05) is 0 Å². The molecular weight excluding hydrogens is 320 g/mol. The van der Waals surface area contributed by atoms with Crippen molar-refractivity contribution in [3.63, 3.8) is 0 Å². The van der Waals surface area contributed by atoms with Crippen LogP contribution in [0.25, 0.3) is 0 Å². The SMILES string of the molecule is CCOC(=O)c1ccc(NC(=O)C(N)C2CCOCC2)cc1.Cl. The second-order valence-electron chi connectivity index (χ2n) is 5.26. The van der Waals surface area contributed by atoms with Gasteiger partial charge in [0.15, 0.2) is 0 Å². The van der Waals surface area contributed by atoms with Gasteiger partial charge in [-0.3, -0.25) is 4.79 Å². The highest BCUT2D eigenvalue weighted by molar-refractivity contribution is 5.96. The highest BCUT2D eigenvalue weighted by atomic mass is 35.5. The normalized spacial score (nSPS) is 16.1. The molecule has 0 saturated carbocycles.